The van der Waals surface area contributed by atoms with Crippen molar-refractivity contribution in [1.82, 2.24) is 10.3 Å². The van der Waals surface area contributed by atoms with Crippen LogP contribution in [0.15, 0.2) is 36.4 Å². The minimum atomic E-state index is -0.992. The molecular weight excluding hydrogens is 346 g/mol. The van der Waals surface area contributed by atoms with E-state index in [-0.39, 0.29) is 18.7 Å². The van der Waals surface area contributed by atoms with Crippen LogP contribution in [-0.2, 0) is 11.2 Å². The molecule has 2 N–H and O–H groups in total. The molecule has 0 radical (unpaired) electrons. The molecule has 1 aromatic heterocycles. The smallest absolute Gasteiger partial charge is 0.308 e. The number of carboxylic acid groups (broad SMARTS) is 1. The summed E-state index contributed by atoms with van der Waals surface area (Å²) in [5, 5.41) is 21.0. The van der Waals surface area contributed by atoms with Crippen LogP contribution in [0.3, 0.4) is 0 Å². The third-order valence-corrected chi connectivity index (χ3v) is 4.01. The molecule has 27 heavy (non-hydrogen) atoms. The number of carboxylic acids is 1. The molecular formula is C20H21N3O4. The summed E-state index contributed by atoms with van der Waals surface area (Å²) in [6, 6.07) is 12.2. The average Bonchev–Trinajstić information content (AvgIpc) is 2.66. The molecule has 2 rings (SSSR count). The van der Waals surface area contributed by atoms with Crippen molar-refractivity contribution in [3.63, 3.8) is 0 Å². The topological polar surface area (TPSA) is 112 Å². The highest BCUT2D eigenvalue weighted by molar-refractivity contribution is 5.92. The van der Waals surface area contributed by atoms with Crippen LogP contribution >= 0.6 is 0 Å². The van der Waals surface area contributed by atoms with Crippen molar-refractivity contribution >= 4 is 11.9 Å². The Morgan fingerprint density at radius 3 is 2.52 bits per heavy atom. The molecule has 0 fully saturated rings. The Kier molecular flexibility index (Phi) is 6.89. The molecule has 1 atom stereocenters. The van der Waals surface area contributed by atoms with Crippen molar-refractivity contribution in [1.29, 1.82) is 5.26 Å². The number of pyridine rings is 1. The summed E-state index contributed by atoms with van der Waals surface area (Å²) in [5.41, 5.74) is 1.84. The highest BCUT2D eigenvalue weighted by Gasteiger charge is 2.20. The predicted octanol–water partition coefficient (Wildman–Crippen LogP) is 2.33. The van der Waals surface area contributed by atoms with Gasteiger partial charge in [-0.3, -0.25) is 9.59 Å². The number of amides is 1. The molecule has 2 aromatic rings. The van der Waals surface area contributed by atoms with Crippen molar-refractivity contribution in [2.45, 2.75) is 20.3 Å². The van der Waals surface area contributed by atoms with Crippen LogP contribution in [-0.4, -0.2) is 35.1 Å². The van der Waals surface area contributed by atoms with Crippen LogP contribution in [0.25, 0.3) is 0 Å². The minimum absolute atomic E-state index is 0.0257. The van der Waals surface area contributed by atoms with Crippen LogP contribution in [0.2, 0.25) is 0 Å². The van der Waals surface area contributed by atoms with Crippen molar-refractivity contribution in [2.75, 3.05) is 13.2 Å². The molecule has 1 aromatic carbocycles. The van der Waals surface area contributed by atoms with Gasteiger partial charge in [-0.15, -0.1) is 0 Å². The number of benzene rings is 1. The van der Waals surface area contributed by atoms with Crippen molar-refractivity contribution in [3.05, 3.63) is 58.9 Å². The Balaban J connectivity index is 1.99. The summed E-state index contributed by atoms with van der Waals surface area (Å²) in [5.74, 6) is -1.51. The second kappa shape index (κ2) is 9.34. The zero-order chi connectivity index (χ0) is 19.8. The van der Waals surface area contributed by atoms with Gasteiger partial charge >= 0.3 is 5.97 Å². The Morgan fingerprint density at radius 1 is 1.26 bits per heavy atom. The number of nitrogens with one attached hydrogen (secondary N) is 1. The maximum atomic E-state index is 12.2. The zero-order valence-corrected chi connectivity index (χ0v) is 15.2. The lowest BCUT2D eigenvalue weighted by Gasteiger charge is -2.14. The first-order valence-corrected chi connectivity index (χ1v) is 8.55. The molecule has 7 heteroatoms. The largest absolute Gasteiger partial charge is 0.494 e. The molecule has 0 aliphatic carbocycles. The molecule has 1 amide bonds. The van der Waals surface area contributed by atoms with Crippen LogP contribution in [0, 0.1) is 24.2 Å². The van der Waals surface area contributed by atoms with Gasteiger partial charge in [0, 0.05) is 6.54 Å². The quantitative estimate of drug-likeness (QED) is 0.740. The number of aliphatic carboxylic acids is 1. The number of aryl methyl sites for hydroxylation is 1. The second-order valence-corrected chi connectivity index (χ2v) is 5.97. The molecule has 140 valence electrons. The lowest BCUT2D eigenvalue weighted by atomic mass is 9.99. The fourth-order valence-corrected chi connectivity index (χ4v) is 2.53. The minimum Gasteiger partial charge on any atom is -0.494 e. The maximum Gasteiger partial charge on any atom is 0.308 e. The Labute approximate surface area is 157 Å². The Hall–Kier alpha value is -3.40. The number of rotatable bonds is 8. The lowest BCUT2D eigenvalue weighted by molar-refractivity contribution is -0.141. The first kappa shape index (κ1) is 19.9. The lowest BCUT2D eigenvalue weighted by Crippen LogP contribution is -2.34. The molecule has 7 nitrogen and oxygen atoms in total. The summed E-state index contributed by atoms with van der Waals surface area (Å²) in [6.45, 7) is 4.07. The Morgan fingerprint density at radius 2 is 1.96 bits per heavy atom. The van der Waals surface area contributed by atoms with E-state index in [0.717, 1.165) is 11.3 Å². The van der Waals surface area contributed by atoms with Gasteiger partial charge in [0.05, 0.1) is 23.8 Å². The molecule has 0 spiro atoms. The standard InChI is InChI=1S/C20H21N3O4/c1-3-27-17-7-4-14(5-8-17)10-16(20(25)26)12-22-19(24)18-9-6-15(11-21)13(2)23-18/h4-9,16H,3,10,12H2,1-2H3,(H,22,24)(H,25,26). The predicted molar refractivity (Wildman–Crippen MR) is 98.5 cm³/mol. The van der Waals surface area contributed by atoms with Gasteiger partial charge in [-0.05, 0) is 50.1 Å². The molecule has 1 heterocycles. The number of hydrogen-bond donors (Lipinski definition) is 2. The summed E-state index contributed by atoms with van der Waals surface area (Å²) < 4.78 is 5.37. The third kappa shape index (κ3) is 5.54. The second-order valence-electron chi connectivity index (χ2n) is 5.97. The summed E-state index contributed by atoms with van der Waals surface area (Å²) >= 11 is 0. The van der Waals surface area contributed by atoms with Crippen molar-refractivity contribution in [3.8, 4) is 11.8 Å². The highest BCUT2D eigenvalue weighted by Crippen LogP contribution is 2.15. The fraction of sp³-hybridized carbons (Fsp3) is 0.300. The molecule has 0 bridgehead atoms. The average molecular weight is 367 g/mol. The van der Waals surface area contributed by atoms with Crippen molar-refractivity contribution in [2.24, 2.45) is 5.92 Å². The van der Waals surface area contributed by atoms with Gasteiger partial charge in [0.1, 0.15) is 17.5 Å². The van der Waals surface area contributed by atoms with Gasteiger partial charge in [-0.1, -0.05) is 12.1 Å². The van der Waals surface area contributed by atoms with Gasteiger partial charge in [-0.2, -0.15) is 5.26 Å². The van der Waals surface area contributed by atoms with E-state index in [1.54, 1.807) is 19.1 Å². The summed E-state index contributed by atoms with van der Waals surface area (Å²) in [7, 11) is 0. The summed E-state index contributed by atoms with van der Waals surface area (Å²) in [6.07, 6.45) is 0.280. The van der Waals surface area contributed by atoms with E-state index in [0.29, 0.717) is 17.9 Å². The van der Waals surface area contributed by atoms with Gasteiger partial charge in [0.15, 0.2) is 0 Å². The van der Waals surface area contributed by atoms with Gasteiger partial charge in [-0.25, -0.2) is 4.98 Å². The number of carbonyl (C=O) groups excluding carboxylic acids is 1. The molecule has 1 unspecified atom stereocenters. The number of ether oxygens (including phenoxy) is 1. The first-order chi connectivity index (χ1) is 12.9. The number of carbonyl (C=O) groups is 2. The number of nitriles is 1. The zero-order valence-electron chi connectivity index (χ0n) is 15.2. The van der Waals surface area contributed by atoms with Gasteiger partial charge in [0.2, 0.25) is 0 Å². The maximum absolute atomic E-state index is 12.2. The highest BCUT2D eigenvalue weighted by atomic mass is 16.5. The van der Waals surface area contributed by atoms with Crippen LogP contribution in [0.5, 0.6) is 5.75 Å². The van der Waals surface area contributed by atoms with Gasteiger partial charge < -0.3 is 15.2 Å². The molecule has 0 saturated carbocycles. The van der Waals surface area contributed by atoms with E-state index in [4.69, 9.17) is 10.00 Å². The normalized spacial score (nSPS) is 11.3. The third-order valence-electron chi connectivity index (χ3n) is 4.01. The first-order valence-electron chi connectivity index (χ1n) is 8.55. The van der Waals surface area contributed by atoms with Crippen LogP contribution in [0.1, 0.15) is 34.2 Å². The van der Waals surface area contributed by atoms with E-state index in [9.17, 15) is 14.7 Å². The van der Waals surface area contributed by atoms with E-state index >= 15 is 0 Å². The van der Waals surface area contributed by atoms with Crippen LogP contribution < -0.4 is 10.1 Å². The molecule has 0 aliphatic heterocycles. The number of hydrogen-bond acceptors (Lipinski definition) is 5. The SMILES string of the molecule is CCOc1ccc(CC(CNC(=O)c2ccc(C#N)c(C)n2)C(=O)O)cc1. The Bertz CT molecular complexity index is 857. The van der Waals surface area contributed by atoms with Crippen LogP contribution in [0.4, 0.5) is 0 Å². The number of nitrogens with zero attached hydrogens (tertiary/aromatic N) is 2. The van der Waals surface area contributed by atoms with E-state index in [1.807, 2.05) is 25.1 Å². The monoisotopic (exact) mass is 367 g/mol. The number of aromatic nitrogens is 1. The van der Waals surface area contributed by atoms with Crippen molar-refractivity contribution < 1.29 is 19.4 Å². The van der Waals surface area contributed by atoms with E-state index in [1.165, 1.54) is 12.1 Å². The van der Waals surface area contributed by atoms with E-state index in [2.05, 4.69) is 10.3 Å². The van der Waals surface area contributed by atoms with E-state index < -0.39 is 17.8 Å². The van der Waals surface area contributed by atoms with Gasteiger partial charge in [0.25, 0.3) is 5.91 Å². The fourth-order valence-electron chi connectivity index (χ4n) is 2.53. The summed E-state index contributed by atoms with van der Waals surface area (Å²) in [4.78, 5) is 27.8. The molecule has 0 aliphatic rings. The molecule has 0 saturated heterocycles.